The molecule has 1 fully saturated rings. The molecule has 0 aliphatic heterocycles. The fourth-order valence-electron chi connectivity index (χ4n) is 5.37. The molecule has 8 heteroatoms. The van der Waals surface area contributed by atoms with Crippen molar-refractivity contribution in [2.24, 2.45) is 5.41 Å². The molecule has 5 rings (SSSR count). The van der Waals surface area contributed by atoms with E-state index in [1.165, 1.54) is 18.2 Å². The number of aliphatic hydroxyl groups excluding tert-OH is 1. The summed E-state index contributed by atoms with van der Waals surface area (Å²) in [6, 6.07) is 5.56. The first kappa shape index (κ1) is 18.3. The molecule has 6 nitrogen and oxygen atoms in total. The van der Waals surface area contributed by atoms with E-state index in [-0.39, 0.29) is 40.5 Å². The number of nitrogens with zero attached hydrogens (tertiary/aromatic N) is 4. The van der Waals surface area contributed by atoms with E-state index in [0.717, 1.165) is 24.1 Å². The second-order valence-corrected chi connectivity index (χ2v) is 8.45. The van der Waals surface area contributed by atoms with Crippen LogP contribution in [0.3, 0.4) is 0 Å². The predicted octanol–water partition coefficient (Wildman–Crippen LogP) is 3.69. The number of fused-ring (bicyclic) bond motifs is 5. The SMILES string of the molecule is CC1(C)[C@@H]2CCC1(Cc1nnc(CO)o1)c1nnc(-c3c(F)cccc3F)cc12. The molecule has 150 valence electrons. The van der Waals surface area contributed by atoms with Crippen molar-refractivity contribution in [3.63, 3.8) is 0 Å². The van der Waals surface area contributed by atoms with Crippen LogP contribution in [0.5, 0.6) is 0 Å². The van der Waals surface area contributed by atoms with Crippen LogP contribution in [-0.2, 0) is 18.4 Å². The molecule has 1 aromatic carbocycles. The summed E-state index contributed by atoms with van der Waals surface area (Å²) < 4.78 is 34.1. The number of benzene rings is 1. The minimum atomic E-state index is -0.654. The summed E-state index contributed by atoms with van der Waals surface area (Å²) in [6.45, 7) is 4.05. The molecule has 2 atom stereocenters. The van der Waals surface area contributed by atoms with Gasteiger partial charge >= 0.3 is 0 Å². The fourth-order valence-corrected chi connectivity index (χ4v) is 5.37. The molecule has 2 aliphatic carbocycles. The maximum atomic E-state index is 14.3. The average Bonchev–Trinajstić information content (AvgIpc) is 3.29. The average molecular weight is 398 g/mol. The standard InChI is InChI=1S/C21H20F2N4O2/c1-20(2)12-6-7-21(20,9-16-25-26-17(10-28)29-16)19-11(12)8-15(24-27-19)18-13(22)4-3-5-14(18)23/h3-5,8,12,28H,6-7,9-10H2,1-2H3/t12-,21?/m1/s1. The lowest BCUT2D eigenvalue weighted by Gasteiger charge is -2.36. The van der Waals surface area contributed by atoms with Crippen molar-refractivity contribution in [3.05, 3.63) is 58.9 Å². The summed E-state index contributed by atoms with van der Waals surface area (Å²) in [5, 5.41) is 25.8. The Balaban J connectivity index is 1.62. The highest BCUT2D eigenvalue weighted by molar-refractivity contribution is 5.63. The number of halogens is 2. The van der Waals surface area contributed by atoms with Gasteiger partial charge in [0.15, 0.2) is 0 Å². The van der Waals surface area contributed by atoms with Gasteiger partial charge in [-0.1, -0.05) is 19.9 Å². The zero-order valence-electron chi connectivity index (χ0n) is 16.1. The van der Waals surface area contributed by atoms with E-state index in [2.05, 4.69) is 34.2 Å². The Labute approximate surface area is 166 Å². The van der Waals surface area contributed by atoms with Gasteiger partial charge in [-0.25, -0.2) is 8.78 Å². The zero-order valence-corrected chi connectivity index (χ0v) is 16.1. The molecule has 2 heterocycles. The van der Waals surface area contributed by atoms with Crippen LogP contribution < -0.4 is 0 Å². The highest BCUT2D eigenvalue weighted by atomic mass is 19.1. The Bertz CT molecular complexity index is 1090. The molecule has 2 bridgehead atoms. The van der Waals surface area contributed by atoms with Gasteiger partial charge in [-0.05, 0) is 47.9 Å². The lowest BCUT2D eigenvalue weighted by Crippen LogP contribution is -2.38. The van der Waals surface area contributed by atoms with Crippen LogP contribution in [0.4, 0.5) is 8.78 Å². The molecule has 0 radical (unpaired) electrons. The Morgan fingerprint density at radius 3 is 2.52 bits per heavy atom. The Morgan fingerprint density at radius 2 is 1.83 bits per heavy atom. The molecule has 0 spiro atoms. The van der Waals surface area contributed by atoms with E-state index in [4.69, 9.17) is 4.42 Å². The quantitative estimate of drug-likeness (QED) is 0.721. The van der Waals surface area contributed by atoms with Crippen LogP contribution in [-0.4, -0.2) is 25.5 Å². The van der Waals surface area contributed by atoms with Gasteiger partial charge in [0, 0.05) is 11.8 Å². The van der Waals surface area contributed by atoms with Crippen molar-refractivity contribution >= 4 is 0 Å². The smallest absolute Gasteiger partial charge is 0.241 e. The van der Waals surface area contributed by atoms with Crippen molar-refractivity contribution in [1.82, 2.24) is 20.4 Å². The monoisotopic (exact) mass is 398 g/mol. The Kier molecular flexibility index (Phi) is 3.87. The topological polar surface area (TPSA) is 84.9 Å². The van der Waals surface area contributed by atoms with E-state index in [9.17, 15) is 13.9 Å². The van der Waals surface area contributed by atoms with Crippen molar-refractivity contribution in [1.29, 1.82) is 0 Å². The maximum absolute atomic E-state index is 14.3. The van der Waals surface area contributed by atoms with Crippen molar-refractivity contribution < 1.29 is 18.3 Å². The lowest BCUT2D eigenvalue weighted by atomic mass is 9.66. The van der Waals surface area contributed by atoms with Crippen LogP contribution in [0.25, 0.3) is 11.3 Å². The molecule has 0 saturated heterocycles. The summed E-state index contributed by atoms with van der Waals surface area (Å²) in [6.07, 6.45) is 2.31. The van der Waals surface area contributed by atoms with Crippen molar-refractivity contribution in [3.8, 4) is 11.3 Å². The highest BCUT2D eigenvalue weighted by Crippen LogP contribution is 2.68. The van der Waals surface area contributed by atoms with Crippen LogP contribution in [0.1, 0.15) is 55.6 Å². The van der Waals surface area contributed by atoms with E-state index < -0.39 is 11.6 Å². The third-order valence-corrected chi connectivity index (χ3v) is 6.93. The third-order valence-electron chi connectivity index (χ3n) is 6.93. The second kappa shape index (κ2) is 6.13. The normalized spacial score (nSPS) is 24.1. The van der Waals surface area contributed by atoms with Gasteiger partial charge < -0.3 is 9.52 Å². The minimum Gasteiger partial charge on any atom is -0.423 e. The molecular formula is C21H20F2N4O2. The highest BCUT2D eigenvalue weighted by Gasteiger charge is 2.63. The molecule has 2 aromatic heterocycles. The van der Waals surface area contributed by atoms with Crippen molar-refractivity contribution in [2.75, 3.05) is 0 Å². The zero-order chi connectivity index (χ0) is 20.4. The van der Waals surface area contributed by atoms with Crippen LogP contribution in [0.2, 0.25) is 0 Å². The molecule has 3 aromatic rings. The first-order valence-corrected chi connectivity index (χ1v) is 9.62. The predicted molar refractivity (Wildman–Crippen MR) is 98.7 cm³/mol. The molecular weight excluding hydrogens is 378 g/mol. The molecule has 0 amide bonds. The first-order valence-electron chi connectivity index (χ1n) is 9.62. The summed E-state index contributed by atoms with van der Waals surface area (Å²) in [5.74, 6) is -0.487. The Morgan fingerprint density at radius 1 is 1.10 bits per heavy atom. The summed E-state index contributed by atoms with van der Waals surface area (Å²) in [4.78, 5) is 0. The van der Waals surface area contributed by atoms with Crippen molar-refractivity contribution in [2.45, 2.75) is 51.0 Å². The molecule has 2 aliphatic rings. The largest absolute Gasteiger partial charge is 0.423 e. The van der Waals surface area contributed by atoms with E-state index in [1.54, 1.807) is 6.07 Å². The van der Waals surface area contributed by atoms with E-state index in [0.29, 0.717) is 12.3 Å². The number of rotatable bonds is 4. The molecule has 1 N–H and O–H groups in total. The number of hydrogen-bond acceptors (Lipinski definition) is 6. The van der Waals surface area contributed by atoms with Gasteiger partial charge in [0.05, 0.1) is 17.0 Å². The van der Waals surface area contributed by atoms with Gasteiger partial charge in [0.2, 0.25) is 11.8 Å². The number of aliphatic hydroxyl groups is 1. The van der Waals surface area contributed by atoms with Gasteiger partial charge in [0.25, 0.3) is 0 Å². The van der Waals surface area contributed by atoms with Gasteiger partial charge in [-0.15, -0.1) is 10.2 Å². The fraction of sp³-hybridized carbons (Fsp3) is 0.429. The Hall–Kier alpha value is -2.74. The summed E-state index contributed by atoms with van der Waals surface area (Å²) >= 11 is 0. The molecule has 1 unspecified atom stereocenters. The summed E-state index contributed by atoms with van der Waals surface area (Å²) in [5.41, 5.74) is 1.36. The van der Waals surface area contributed by atoms with Gasteiger partial charge in [-0.2, -0.15) is 10.2 Å². The van der Waals surface area contributed by atoms with Gasteiger partial charge in [-0.3, -0.25) is 0 Å². The first-order chi connectivity index (χ1) is 13.9. The maximum Gasteiger partial charge on any atom is 0.241 e. The van der Waals surface area contributed by atoms with Gasteiger partial charge in [0.1, 0.15) is 18.2 Å². The van der Waals surface area contributed by atoms with E-state index >= 15 is 0 Å². The molecule has 29 heavy (non-hydrogen) atoms. The summed E-state index contributed by atoms with van der Waals surface area (Å²) in [7, 11) is 0. The second-order valence-electron chi connectivity index (χ2n) is 8.45. The van der Waals surface area contributed by atoms with Crippen LogP contribution in [0, 0.1) is 17.0 Å². The lowest BCUT2D eigenvalue weighted by molar-refractivity contribution is 0.186. The molecule has 1 saturated carbocycles. The number of aromatic nitrogens is 4. The van der Waals surface area contributed by atoms with E-state index in [1.807, 2.05) is 0 Å². The third kappa shape index (κ3) is 2.41. The number of hydrogen-bond donors (Lipinski definition) is 1. The van der Waals surface area contributed by atoms with Crippen LogP contribution in [0.15, 0.2) is 28.7 Å². The van der Waals surface area contributed by atoms with Crippen LogP contribution >= 0.6 is 0 Å². The minimum absolute atomic E-state index is 0.151.